The van der Waals surface area contributed by atoms with Crippen molar-refractivity contribution < 1.29 is 24.2 Å². The minimum Gasteiger partial charge on any atom is -0.481 e. The second-order valence-corrected chi connectivity index (χ2v) is 7.79. The molecule has 1 saturated heterocycles. The Morgan fingerprint density at radius 3 is 2.61 bits per heavy atom. The van der Waals surface area contributed by atoms with Crippen molar-refractivity contribution in [3.63, 3.8) is 0 Å². The van der Waals surface area contributed by atoms with Crippen LogP contribution < -0.4 is 4.74 Å². The topological polar surface area (TPSA) is 89.0 Å². The number of methoxy groups -OCH3 is 1. The first-order valence-electron chi connectivity index (χ1n) is 8.93. The van der Waals surface area contributed by atoms with E-state index in [1.165, 1.54) is 4.90 Å². The minimum atomic E-state index is -0.960. The summed E-state index contributed by atoms with van der Waals surface area (Å²) in [5, 5.41) is 11.6. The molecule has 0 aliphatic carbocycles. The number of amides is 1. The second-order valence-electron chi connectivity index (χ2n) is 7.36. The number of benzene rings is 1. The number of likely N-dealkylation sites (tertiary alicyclic amines) is 1. The summed E-state index contributed by atoms with van der Waals surface area (Å²) >= 11 is 5.86. The van der Waals surface area contributed by atoms with Gasteiger partial charge in [-0.2, -0.15) is 0 Å². The Bertz CT molecular complexity index is 850. The average molecular weight is 409 g/mol. The quantitative estimate of drug-likeness (QED) is 0.793. The number of aliphatic carboxylic acids is 1. The van der Waals surface area contributed by atoms with Gasteiger partial charge in [0.15, 0.2) is 0 Å². The van der Waals surface area contributed by atoms with Crippen LogP contribution >= 0.6 is 11.6 Å². The number of aromatic nitrogens is 1. The Kier molecular flexibility index (Phi) is 7.07. The molecule has 1 fully saturated rings. The van der Waals surface area contributed by atoms with E-state index >= 15 is 0 Å². The summed E-state index contributed by atoms with van der Waals surface area (Å²) in [6.45, 7) is 5.75. The fourth-order valence-electron chi connectivity index (χ4n) is 2.84. The monoisotopic (exact) mass is 408 g/mol. The Balaban J connectivity index is 0.000000202. The van der Waals surface area contributed by atoms with Crippen LogP contribution in [-0.2, 0) is 9.53 Å². The van der Waals surface area contributed by atoms with Crippen LogP contribution in [0.1, 0.15) is 33.6 Å². The lowest BCUT2D eigenvalue weighted by atomic mass is 10.2. The Morgan fingerprint density at radius 2 is 2.00 bits per heavy atom. The Hall–Kier alpha value is -2.54. The van der Waals surface area contributed by atoms with Crippen molar-refractivity contribution in [1.82, 2.24) is 9.88 Å². The smallest absolute Gasteiger partial charge is 0.411 e. The number of fused-ring (bicyclic) bond motifs is 1. The lowest BCUT2D eigenvalue weighted by Crippen LogP contribution is -2.43. The molecule has 1 aromatic heterocycles. The number of ether oxygens (including phenoxy) is 2. The van der Waals surface area contributed by atoms with Crippen LogP contribution in [0.4, 0.5) is 4.79 Å². The fraction of sp³-hybridized carbons (Fsp3) is 0.450. The molecule has 2 aromatic rings. The number of nitrogens with zero attached hydrogens (tertiary/aromatic N) is 2. The molecule has 2 heterocycles. The molecule has 0 bridgehead atoms. The summed E-state index contributed by atoms with van der Waals surface area (Å²) in [5.41, 5.74) is -0.581. The van der Waals surface area contributed by atoms with Crippen molar-refractivity contribution >= 4 is 34.4 Å². The molecule has 1 aliphatic heterocycles. The van der Waals surface area contributed by atoms with E-state index in [0.29, 0.717) is 23.9 Å². The maximum atomic E-state index is 11.6. The largest absolute Gasteiger partial charge is 0.481 e. The van der Waals surface area contributed by atoms with Gasteiger partial charge in [0.05, 0.1) is 7.11 Å². The van der Waals surface area contributed by atoms with Crippen molar-refractivity contribution in [2.75, 3.05) is 13.7 Å². The summed E-state index contributed by atoms with van der Waals surface area (Å²) in [4.78, 5) is 27.8. The lowest BCUT2D eigenvalue weighted by molar-refractivity contribution is -0.142. The molecule has 7 nitrogen and oxygen atoms in total. The van der Waals surface area contributed by atoms with E-state index in [1.807, 2.05) is 24.3 Å². The first-order valence-corrected chi connectivity index (χ1v) is 9.31. The van der Waals surface area contributed by atoms with Gasteiger partial charge in [-0.25, -0.2) is 14.6 Å². The van der Waals surface area contributed by atoms with Crippen molar-refractivity contribution in [3.8, 4) is 5.88 Å². The molecule has 1 aliphatic rings. The molecular formula is C20H25ClN2O5. The van der Waals surface area contributed by atoms with E-state index in [0.717, 1.165) is 17.2 Å². The third-order valence-corrected chi connectivity index (χ3v) is 4.29. The highest BCUT2D eigenvalue weighted by molar-refractivity contribution is 6.31. The van der Waals surface area contributed by atoms with Crippen molar-refractivity contribution in [2.45, 2.75) is 45.3 Å². The molecule has 1 N–H and O–H groups in total. The van der Waals surface area contributed by atoms with Gasteiger partial charge in [-0.1, -0.05) is 17.7 Å². The lowest BCUT2D eigenvalue weighted by Gasteiger charge is -2.26. The molecule has 0 saturated carbocycles. The van der Waals surface area contributed by atoms with Gasteiger partial charge in [0, 0.05) is 23.2 Å². The van der Waals surface area contributed by atoms with E-state index in [1.54, 1.807) is 34.1 Å². The number of hydrogen-bond donors (Lipinski definition) is 1. The summed E-state index contributed by atoms with van der Waals surface area (Å²) in [6.07, 6.45) is 2.41. The van der Waals surface area contributed by atoms with Gasteiger partial charge in [0.2, 0.25) is 5.88 Å². The summed E-state index contributed by atoms with van der Waals surface area (Å²) in [6, 6.07) is 6.85. The molecule has 1 atom stereocenters. The standard InChI is InChI=1S/C10H8ClNO.C10H17NO4/c1-13-10-9-6-8(11)3-2-7(9)4-5-12-10;1-10(2,3)15-9(14)11-6-4-5-7(11)8(12)13/h2-6H,1H3;7H,4-6H2,1-3H3,(H,12,13)/t;7-/m.0/s1. The highest BCUT2D eigenvalue weighted by atomic mass is 35.5. The number of carboxylic acids is 1. The van der Waals surface area contributed by atoms with E-state index < -0.39 is 23.7 Å². The number of rotatable bonds is 2. The van der Waals surface area contributed by atoms with Crippen LogP contribution in [0, 0.1) is 0 Å². The first kappa shape index (κ1) is 21.8. The van der Waals surface area contributed by atoms with Gasteiger partial charge in [-0.05, 0) is 57.2 Å². The molecule has 28 heavy (non-hydrogen) atoms. The zero-order chi connectivity index (χ0) is 20.9. The molecule has 1 amide bonds. The number of halogens is 1. The maximum Gasteiger partial charge on any atom is 0.411 e. The number of carboxylic acid groups (broad SMARTS) is 1. The van der Waals surface area contributed by atoms with E-state index in [2.05, 4.69) is 4.98 Å². The molecule has 0 radical (unpaired) electrons. The normalized spacial score (nSPS) is 16.3. The first-order chi connectivity index (χ1) is 13.1. The van der Waals surface area contributed by atoms with Crippen LogP contribution in [0.5, 0.6) is 5.88 Å². The van der Waals surface area contributed by atoms with Gasteiger partial charge >= 0.3 is 12.1 Å². The van der Waals surface area contributed by atoms with Crippen molar-refractivity contribution in [2.24, 2.45) is 0 Å². The zero-order valence-corrected chi connectivity index (χ0v) is 17.2. The summed E-state index contributed by atoms with van der Waals surface area (Å²) < 4.78 is 10.2. The van der Waals surface area contributed by atoms with Crippen LogP contribution in [0.25, 0.3) is 10.8 Å². The zero-order valence-electron chi connectivity index (χ0n) is 16.4. The van der Waals surface area contributed by atoms with Crippen LogP contribution in [-0.4, -0.2) is 52.4 Å². The summed E-state index contributed by atoms with van der Waals surface area (Å²) in [5.74, 6) is -0.349. The molecule has 0 unspecified atom stereocenters. The average Bonchev–Trinajstić information content (AvgIpc) is 3.10. The van der Waals surface area contributed by atoms with Crippen LogP contribution in [0.2, 0.25) is 5.02 Å². The number of carbonyl (C=O) groups is 2. The van der Waals surface area contributed by atoms with Gasteiger partial charge in [-0.15, -0.1) is 0 Å². The van der Waals surface area contributed by atoms with Gasteiger partial charge < -0.3 is 14.6 Å². The predicted octanol–water partition coefficient (Wildman–Crippen LogP) is 4.37. The number of hydrogen-bond acceptors (Lipinski definition) is 5. The highest BCUT2D eigenvalue weighted by Crippen LogP contribution is 2.25. The van der Waals surface area contributed by atoms with E-state index in [4.69, 9.17) is 26.2 Å². The van der Waals surface area contributed by atoms with Crippen molar-refractivity contribution in [3.05, 3.63) is 35.5 Å². The van der Waals surface area contributed by atoms with E-state index in [-0.39, 0.29) is 0 Å². The predicted molar refractivity (Wildman–Crippen MR) is 107 cm³/mol. The minimum absolute atomic E-state index is 0.464. The molecular weight excluding hydrogens is 384 g/mol. The number of carbonyl (C=O) groups excluding carboxylic acids is 1. The number of pyridine rings is 1. The molecule has 3 rings (SSSR count). The van der Waals surface area contributed by atoms with Crippen molar-refractivity contribution in [1.29, 1.82) is 0 Å². The maximum absolute atomic E-state index is 11.6. The van der Waals surface area contributed by atoms with Gasteiger partial charge in [0.25, 0.3) is 0 Å². The van der Waals surface area contributed by atoms with Gasteiger partial charge in [0.1, 0.15) is 11.6 Å². The van der Waals surface area contributed by atoms with Crippen LogP contribution in [0.3, 0.4) is 0 Å². The SMILES string of the molecule is CC(C)(C)OC(=O)N1CCC[C@H]1C(=O)O.COc1nccc2ccc(Cl)cc12. The highest BCUT2D eigenvalue weighted by Gasteiger charge is 2.36. The van der Waals surface area contributed by atoms with Gasteiger partial charge in [-0.3, -0.25) is 4.90 Å². The molecule has 8 heteroatoms. The Labute approximate surface area is 169 Å². The van der Waals surface area contributed by atoms with Crippen LogP contribution in [0.15, 0.2) is 30.5 Å². The molecule has 1 aromatic carbocycles. The Morgan fingerprint density at radius 1 is 1.29 bits per heavy atom. The molecule has 0 spiro atoms. The third kappa shape index (κ3) is 5.73. The second kappa shape index (κ2) is 9.10. The third-order valence-electron chi connectivity index (χ3n) is 4.05. The molecule has 152 valence electrons. The van der Waals surface area contributed by atoms with E-state index in [9.17, 15) is 9.59 Å². The fourth-order valence-corrected chi connectivity index (χ4v) is 3.01. The summed E-state index contributed by atoms with van der Waals surface area (Å²) in [7, 11) is 1.60.